The van der Waals surface area contributed by atoms with Crippen molar-refractivity contribution >= 4 is 28.6 Å². The molecule has 0 saturated carbocycles. The molecule has 2 aromatic heterocycles. The molecule has 3 aromatic rings. The zero-order chi connectivity index (χ0) is 19.4. The van der Waals surface area contributed by atoms with Gasteiger partial charge in [-0.05, 0) is 38.5 Å². The fourth-order valence-corrected chi connectivity index (χ4v) is 3.94. The largest absolute Gasteiger partial charge is 0.497 e. The summed E-state index contributed by atoms with van der Waals surface area (Å²) in [5.74, 6) is 1.24. The van der Waals surface area contributed by atoms with Gasteiger partial charge in [-0.15, -0.1) is 0 Å². The second-order valence-corrected chi connectivity index (χ2v) is 7.38. The van der Waals surface area contributed by atoms with Crippen molar-refractivity contribution in [1.82, 2.24) is 14.5 Å². The second-order valence-electron chi connectivity index (χ2n) is 6.42. The maximum atomic E-state index is 12.7. The van der Waals surface area contributed by atoms with Gasteiger partial charge in [-0.2, -0.15) is 0 Å². The molecule has 3 rings (SSSR count). The third-order valence-electron chi connectivity index (χ3n) is 4.61. The lowest BCUT2D eigenvalue weighted by atomic mass is 10.2. The van der Waals surface area contributed by atoms with Gasteiger partial charge >= 0.3 is 0 Å². The molecule has 0 bridgehead atoms. The number of nitrogens with one attached hydrogen (secondary N) is 1. The van der Waals surface area contributed by atoms with E-state index in [0.717, 1.165) is 51.9 Å². The van der Waals surface area contributed by atoms with E-state index >= 15 is 0 Å². The third-order valence-corrected chi connectivity index (χ3v) is 5.48. The number of methoxy groups -OCH3 is 2. The fourth-order valence-electron chi connectivity index (χ4n) is 3.17. The van der Waals surface area contributed by atoms with Crippen molar-refractivity contribution in [1.29, 1.82) is 0 Å². The molecular weight excluding hydrogens is 362 g/mol. The van der Waals surface area contributed by atoms with Crippen LogP contribution in [0.5, 0.6) is 5.75 Å². The van der Waals surface area contributed by atoms with Gasteiger partial charge in [0.2, 0.25) is 0 Å². The minimum absolute atomic E-state index is 0.115. The van der Waals surface area contributed by atoms with E-state index in [4.69, 9.17) is 9.47 Å². The van der Waals surface area contributed by atoms with E-state index in [9.17, 15) is 4.79 Å². The number of Topliss-reactive ketones (excluding diaryl/α,β-unsaturated/α-hetero) is 1. The average molecular weight is 388 g/mol. The molecule has 0 spiro atoms. The van der Waals surface area contributed by atoms with Crippen LogP contribution in [-0.4, -0.2) is 46.9 Å². The summed E-state index contributed by atoms with van der Waals surface area (Å²) in [6.07, 6.45) is 0.928. The summed E-state index contributed by atoms with van der Waals surface area (Å²) < 4.78 is 12.5. The Balaban J connectivity index is 1.68. The van der Waals surface area contributed by atoms with Crippen LogP contribution >= 0.6 is 11.8 Å². The van der Waals surface area contributed by atoms with Crippen molar-refractivity contribution in [2.45, 2.75) is 32.0 Å². The molecule has 1 N–H and O–H groups in total. The van der Waals surface area contributed by atoms with Crippen molar-refractivity contribution in [3.8, 4) is 5.75 Å². The molecule has 2 heterocycles. The lowest BCUT2D eigenvalue weighted by Crippen LogP contribution is -2.08. The number of imidazole rings is 1. The first kappa shape index (κ1) is 19.5. The molecule has 0 unspecified atom stereocenters. The number of aryl methyl sites for hydroxylation is 1. The number of nitrogens with zero attached hydrogens (tertiary/aromatic N) is 2. The predicted molar refractivity (Wildman–Crippen MR) is 108 cm³/mol. The number of benzene rings is 1. The summed E-state index contributed by atoms with van der Waals surface area (Å²) in [6, 6.07) is 7.67. The number of ether oxygens (including phenoxy) is 2. The smallest absolute Gasteiger partial charge is 0.175 e. The van der Waals surface area contributed by atoms with E-state index in [-0.39, 0.29) is 5.78 Å². The first-order valence-corrected chi connectivity index (χ1v) is 9.87. The molecule has 0 radical (unpaired) electrons. The van der Waals surface area contributed by atoms with Crippen molar-refractivity contribution in [2.24, 2.45) is 0 Å². The number of aromatic nitrogens is 3. The highest BCUT2D eigenvalue weighted by Crippen LogP contribution is 2.25. The molecule has 0 aliphatic rings. The highest BCUT2D eigenvalue weighted by atomic mass is 32.2. The number of rotatable bonds is 9. The van der Waals surface area contributed by atoms with Crippen LogP contribution in [-0.2, 0) is 11.3 Å². The molecule has 7 heteroatoms. The van der Waals surface area contributed by atoms with Gasteiger partial charge in [0.05, 0.1) is 23.9 Å². The molecule has 0 amide bonds. The van der Waals surface area contributed by atoms with Crippen LogP contribution in [0.2, 0.25) is 0 Å². The maximum absolute atomic E-state index is 12.7. The molecule has 144 valence electrons. The number of thioether (sulfide) groups is 1. The van der Waals surface area contributed by atoms with E-state index in [1.165, 1.54) is 11.8 Å². The van der Waals surface area contributed by atoms with Crippen LogP contribution in [0, 0.1) is 13.8 Å². The third kappa shape index (κ3) is 4.36. The van der Waals surface area contributed by atoms with Gasteiger partial charge < -0.3 is 19.0 Å². The molecule has 0 aliphatic carbocycles. The van der Waals surface area contributed by atoms with Gasteiger partial charge in [0, 0.05) is 43.3 Å². The van der Waals surface area contributed by atoms with E-state index in [0.29, 0.717) is 12.4 Å². The Morgan fingerprint density at radius 3 is 2.81 bits per heavy atom. The average Bonchev–Trinajstić information content (AvgIpc) is 3.20. The predicted octanol–water partition coefficient (Wildman–Crippen LogP) is 4.00. The topological polar surface area (TPSA) is 69.1 Å². The van der Waals surface area contributed by atoms with Crippen molar-refractivity contribution in [2.75, 3.05) is 26.6 Å². The lowest BCUT2D eigenvalue weighted by Gasteiger charge is -2.09. The van der Waals surface area contributed by atoms with Crippen LogP contribution in [0.1, 0.15) is 28.2 Å². The van der Waals surface area contributed by atoms with Gasteiger partial charge in [-0.1, -0.05) is 11.8 Å². The molecular formula is C20H25N3O3S. The number of aromatic amines is 1. The Labute approximate surface area is 163 Å². The molecule has 0 saturated heterocycles. The Hall–Kier alpha value is -2.25. The minimum Gasteiger partial charge on any atom is -0.497 e. The van der Waals surface area contributed by atoms with E-state index < -0.39 is 0 Å². The normalized spacial score (nSPS) is 11.3. The quantitative estimate of drug-likeness (QED) is 0.341. The summed E-state index contributed by atoms with van der Waals surface area (Å²) in [5, 5.41) is 0.737. The van der Waals surface area contributed by atoms with Crippen LogP contribution in [0.4, 0.5) is 0 Å². The molecule has 0 atom stereocenters. The van der Waals surface area contributed by atoms with Crippen LogP contribution in [0.3, 0.4) is 0 Å². The van der Waals surface area contributed by atoms with Crippen LogP contribution < -0.4 is 4.74 Å². The monoisotopic (exact) mass is 387 g/mol. The molecule has 27 heavy (non-hydrogen) atoms. The number of H-pyrrole nitrogens is 1. The van der Waals surface area contributed by atoms with E-state index in [2.05, 4.69) is 14.5 Å². The first-order chi connectivity index (χ1) is 13.0. The standard InChI is InChI=1S/C20H25N3O3S/c1-13-10-16(14(2)23(13)8-5-9-25-3)19(24)12-27-20-21-17-7-6-15(26-4)11-18(17)22-20/h6-7,10-11H,5,8-9,12H2,1-4H3,(H,21,22). The number of hydrogen-bond donors (Lipinski definition) is 1. The first-order valence-electron chi connectivity index (χ1n) is 8.89. The van der Waals surface area contributed by atoms with Gasteiger partial charge in [-0.3, -0.25) is 4.79 Å². The molecule has 0 aliphatic heterocycles. The Morgan fingerprint density at radius 2 is 2.07 bits per heavy atom. The summed E-state index contributed by atoms with van der Waals surface area (Å²) >= 11 is 1.42. The zero-order valence-corrected chi connectivity index (χ0v) is 17.0. The zero-order valence-electron chi connectivity index (χ0n) is 16.2. The van der Waals surface area contributed by atoms with Crippen molar-refractivity contribution < 1.29 is 14.3 Å². The summed E-state index contributed by atoms with van der Waals surface area (Å²) in [7, 11) is 3.34. The van der Waals surface area contributed by atoms with Crippen molar-refractivity contribution in [3.63, 3.8) is 0 Å². The summed E-state index contributed by atoms with van der Waals surface area (Å²) in [6.45, 7) is 5.62. The number of fused-ring (bicyclic) bond motifs is 1. The minimum atomic E-state index is 0.115. The highest BCUT2D eigenvalue weighted by Gasteiger charge is 2.16. The van der Waals surface area contributed by atoms with Gasteiger partial charge in [-0.25, -0.2) is 4.98 Å². The lowest BCUT2D eigenvalue weighted by molar-refractivity contribution is 0.102. The number of hydrogen-bond acceptors (Lipinski definition) is 5. The van der Waals surface area contributed by atoms with E-state index in [1.54, 1.807) is 14.2 Å². The summed E-state index contributed by atoms with van der Waals surface area (Å²) in [4.78, 5) is 20.5. The Bertz CT molecular complexity index is 945. The molecule has 1 aromatic carbocycles. The highest BCUT2D eigenvalue weighted by molar-refractivity contribution is 7.99. The second kappa shape index (κ2) is 8.63. The fraction of sp³-hybridized carbons (Fsp3) is 0.400. The summed E-state index contributed by atoms with van der Waals surface area (Å²) in [5.41, 5.74) is 4.68. The number of ketones is 1. The van der Waals surface area contributed by atoms with Crippen molar-refractivity contribution in [3.05, 3.63) is 41.2 Å². The number of carbonyl (C=O) groups is 1. The maximum Gasteiger partial charge on any atom is 0.175 e. The molecule has 0 fully saturated rings. The Kier molecular flexibility index (Phi) is 6.23. The number of carbonyl (C=O) groups excluding carboxylic acids is 1. The molecule has 6 nitrogen and oxygen atoms in total. The van der Waals surface area contributed by atoms with Gasteiger partial charge in [0.1, 0.15) is 5.75 Å². The van der Waals surface area contributed by atoms with Crippen LogP contribution in [0.15, 0.2) is 29.4 Å². The van der Waals surface area contributed by atoms with Gasteiger partial charge in [0.25, 0.3) is 0 Å². The van der Waals surface area contributed by atoms with Gasteiger partial charge in [0.15, 0.2) is 10.9 Å². The van der Waals surface area contributed by atoms with E-state index in [1.807, 2.05) is 38.1 Å². The SMILES string of the molecule is COCCCn1c(C)cc(C(=O)CSc2nc3ccc(OC)cc3[nH]2)c1C. The Morgan fingerprint density at radius 1 is 1.26 bits per heavy atom. The van der Waals surface area contributed by atoms with Crippen LogP contribution in [0.25, 0.3) is 11.0 Å².